The number of ether oxygens (including phenoxy) is 1. The molecule has 9 aromatic rings. The van der Waals surface area contributed by atoms with Crippen molar-refractivity contribution in [3.8, 4) is 39.6 Å². The summed E-state index contributed by atoms with van der Waals surface area (Å²) in [4.78, 5) is 4.83. The first-order valence-electron chi connectivity index (χ1n) is 21.1. The van der Waals surface area contributed by atoms with E-state index in [0.717, 1.165) is 56.2 Å². The molecule has 0 radical (unpaired) electrons. The summed E-state index contributed by atoms with van der Waals surface area (Å²) in [6.07, 6.45) is 1.86. The summed E-state index contributed by atoms with van der Waals surface area (Å²) in [7, 11) is 0. The summed E-state index contributed by atoms with van der Waals surface area (Å²) in [6, 6.07) is 58.0. The van der Waals surface area contributed by atoms with E-state index in [1.807, 2.05) is 132 Å². The molecule has 7 aromatic carbocycles. The Bertz CT molecular complexity index is 3340. The molecule has 5 nitrogen and oxygen atoms in total. The van der Waals surface area contributed by atoms with Crippen LogP contribution in [0, 0.1) is 23.8 Å². The van der Waals surface area contributed by atoms with Crippen molar-refractivity contribution in [3.63, 3.8) is 0 Å². The van der Waals surface area contributed by atoms with Crippen LogP contribution in [0.2, 0.25) is 0 Å². The molecule has 0 bridgehead atoms. The van der Waals surface area contributed by atoms with E-state index in [1.54, 1.807) is 0 Å². The number of aromatic nitrogens is 2. The number of para-hydroxylation sites is 4. The first-order valence-corrected chi connectivity index (χ1v) is 20.6. The molecule has 0 atom stereocenters. The van der Waals surface area contributed by atoms with Gasteiger partial charge in [0.15, 0.2) is 0 Å². The van der Waals surface area contributed by atoms with Gasteiger partial charge in [0.05, 0.1) is 11.1 Å². The second-order valence-electron chi connectivity index (χ2n) is 16.8. The van der Waals surface area contributed by atoms with Crippen molar-refractivity contribution in [1.82, 2.24) is 18.7 Å². The van der Waals surface area contributed by atoms with Crippen LogP contribution >= 0.6 is 0 Å². The van der Waals surface area contributed by atoms with Gasteiger partial charge >= 0.3 is 27.1 Å². The molecule has 10 rings (SSSR count). The molecule has 0 N–H and O–H groups in total. The Morgan fingerprint density at radius 2 is 1.37 bits per heavy atom. The third-order valence-electron chi connectivity index (χ3n) is 11.3. The molecule has 2 aromatic heterocycles. The second kappa shape index (κ2) is 16.5. The third kappa shape index (κ3) is 7.73. The van der Waals surface area contributed by atoms with Crippen LogP contribution in [0.15, 0.2) is 158 Å². The van der Waals surface area contributed by atoms with Gasteiger partial charge in [0.1, 0.15) is 23.1 Å². The van der Waals surface area contributed by atoms with Gasteiger partial charge in [-0.05, 0) is 80.4 Å². The minimum absolute atomic E-state index is 0. The van der Waals surface area contributed by atoms with Gasteiger partial charge in [0.2, 0.25) is 5.69 Å². The van der Waals surface area contributed by atoms with Crippen molar-refractivity contribution in [2.24, 2.45) is 0 Å². The van der Waals surface area contributed by atoms with Gasteiger partial charge in [-0.25, -0.2) is 13.8 Å². The van der Waals surface area contributed by atoms with Gasteiger partial charge in [0.25, 0.3) is 11.4 Å². The molecule has 0 amide bonds. The first kappa shape index (κ1) is 40.3. The van der Waals surface area contributed by atoms with Crippen molar-refractivity contribution < 1.29 is 36.0 Å². The molecule has 1 aliphatic heterocycles. The number of rotatable bonds is 8. The largest absolute Gasteiger partial charge is 2.00 e. The number of benzene rings is 7. The van der Waals surface area contributed by atoms with Crippen LogP contribution in [0.3, 0.4) is 0 Å². The topological polar surface area (TPSA) is 33.1 Å². The van der Waals surface area contributed by atoms with E-state index in [-0.39, 0.29) is 26.5 Å². The zero-order chi connectivity index (χ0) is 43.6. The number of hydrogen-bond donors (Lipinski definition) is 0. The van der Waals surface area contributed by atoms with Crippen LogP contribution in [-0.2, 0) is 26.5 Å². The van der Waals surface area contributed by atoms with Crippen LogP contribution in [0.4, 0.5) is 31.5 Å². The molecule has 1 aliphatic rings. The van der Waals surface area contributed by atoms with Crippen LogP contribution in [-0.4, -0.2) is 15.6 Å². The molecule has 0 aliphatic carbocycles. The zero-order valence-corrected chi connectivity index (χ0v) is 37.6. The van der Waals surface area contributed by atoms with E-state index in [4.69, 9.17) is 9.72 Å². The normalized spacial score (nSPS) is 12.7. The first-order chi connectivity index (χ1) is 30.3. The van der Waals surface area contributed by atoms with Crippen molar-refractivity contribution in [3.05, 3.63) is 193 Å². The van der Waals surface area contributed by atoms with Crippen LogP contribution in [0.5, 0.6) is 11.5 Å². The van der Waals surface area contributed by atoms with Crippen molar-refractivity contribution >= 4 is 50.6 Å². The monoisotopic (exact) mass is 1010 g/mol. The van der Waals surface area contributed by atoms with E-state index in [1.165, 1.54) is 17.7 Å². The third-order valence-corrected chi connectivity index (χ3v) is 11.3. The van der Waals surface area contributed by atoms with E-state index in [2.05, 4.69) is 73.8 Å². The standard InChI is InChI=1S/C55H42F2N4O.Pt/c1-35(2)37-28-42(32-44(29-37)62-43-22-23-48-47-16-9-10-19-49(47)61(52(48)33-43)53-30-39(24-25-58-53)55(3,4)5)59-34-60(51-21-12-11-20-50(51)59)54-45(36-14-7-6-8-15-36)17-13-18-46(54)38-26-40(56)31-41(57)27-38;/h6-31,35H,1-5H3;/q;+2/i35D;. The van der Waals surface area contributed by atoms with E-state index < -0.39 is 17.5 Å². The molecule has 310 valence electrons. The Hall–Kier alpha value is -6.78. The summed E-state index contributed by atoms with van der Waals surface area (Å²) in [5.74, 6) is -0.693. The molecule has 0 fully saturated rings. The fraction of sp³-hybridized carbons (Fsp3) is 0.127. The van der Waals surface area contributed by atoms with Gasteiger partial charge in [-0.1, -0.05) is 124 Å². The summed E-state index contributed by atoms with van der Waals surface area (Å²) >= 11 is 0. The van der Waals surface area contributed by atoms with E-state index >= 15 is 0 Å². The maximum Gasteiger partial charge on any atom is 2.00 e. The van der Waals surface area contributed by atoms with Gasteiger partial charge < -0.3 is 9.30 Å². The van der Waals surface area contributed by atoms with E-state index in [9.17, 15) is 10.2 Å². The Balaban J connectivity index is 0.00000518. The maximum atomic E-state index is 14.9. The number of fused-ring (bicyclic) bond motifs is 4. The molecule has 3 heterocycles. The Morgan fingerprint density at radius 3 is 2.10 bits per heavy atom. The van der Waals surface area contributed by atoms with Gasteiger partial charge in [-0.3, -0.25) is 0 Å². The Morgan fingerprint density at radius 1 is 0.683 bits per heavy atom. The molecule has 8 heteroatoms. The molecule has 0 unspecified atom stereocenters. The van der Waals surface area contributed by atoms with Crippen LogP contribution in [0.1, 0.15) is 53.0 Å². The summed E-state index contributed by atoms with van der Waals surface area (Å²) < 4.78 is 51.5. The van der Waals surface area contributed by atoms with Crippen molar-refractivity contribution in [2.75, 3.05) is 0 Å². The minimum atomic E-state index is -1.01. The van der Waals surface area contributed by atoms with Gasteiger partial charge in [0, 0.05) is 42.8 Å². The molecule has 0 saturated carbocycles. The molecule has 63 heavy (non-hydrogen) atoms. The average Bonchev–Trinajstić information content (AvgIpc) is 3.81. The van der Waals surface area contributed by atoms with Crippen molar-refractivity contribution in [2.45, 2.75) is 45.9 Å². The molecular formula is C55H42F2N4OPt+2. The Labute approximate surface area is 381 Å². The maximum absolute atomic E-state index is 14.9. The number of nitrogens with zero attached hydrogens (tertiary/aromatic N) is 4. The average molecular weight is 1010 g/mol. The quantitative estimate of drug-likeness (QED) is 0.112. The van der Waals surface area contributed by atoms with Gasteiger partial charge in [-0.15, -0.1) is 29.1 Å². The minimum Gasteiger partial charge on any atom is -0.509 e. The van der Waals surface area contributed by atoms with Crippen LogP contribution in [0.25, 0.3) is 49.9 Å². The fourth-order valence-corrected chi connectivity index (χ4v) is 8.27. The number of pyridine rings is 1. The van der Waals surface area contributed by atoms with Crippen LogP contribution < -0.4 is 13.9 Å². The smallest absolute Gasteiger partial charge is 0.509 e. The second-order valence-corrected chi connectivity index (χ2v) is 16.8. The molecule has 0 spiro atoms. The van der Waals surface area contributed by atoms with E-state index in [0.29, 0.717) is 39.6 Å². The van der Waals surface area contributed by atoms with Crippen molar-refractivity contribution in [1.29, 1.82) is 0 Å². The fourth-order valence-electron chi connectivity index (χ4n) is 8.27. The zero-order valence-electron chi connectivity index (χ0n) is 36.3. The summed E-state index contributed by atoms with van der Waals surface area (Å²) in [5.41, 5.74) is 9.27. The number of hydrogen-bond acceptors (Lipinski definition) is 2. The predicted molar refractivity (Wildman–Crippen MR) is 247 cm³/mol. The summed E-state index contributed by atoms with van der Waals surface area (Å²) in [6.45, 7) is 10.2. The molecular weight excluding hydrogens is 966 g/mol. The SMILES string of the molecule is [2H]C(C)(C)c1cc(Oc2[c-]c3c(cc2)c2ccccc2n3-c2cc(C(C)(C)C)ccn2)[c-]c([N+]2=C=[N+](c3c(-c4ccccc4)cccc3-c3cc(F)cc(F)c3)c3ccccc32)c1.[Pt+2]. The summed E-state index contributed by atoms with van der Waals surface area (Å²) in [5, 5.41) is 2.09. The predicted octanol–water partition coefficient (Wildman–Crippen LogP) is 14.5. The number of halogens is 2. The molecule has 0 saturated heterocycles. The Kier molecular flexibility index (Phi) is 10.5. The van der Waals surface area contributed by atoms with Gasteiger partial charge in [-0.2, -0.15) is 6.07 Å².